The summed E-state index contributed by atoms with van der Waals surface area (Å²) in [6, 6.07) is 4.42. The van der Waals surface area contributed by atoms with E-state index in [9.17, 15) is 10.1 Å². The van der Waals surface area contributed by atoms with Crippen molar-refractivity contribution in [2.45, 2.75) is 19.9 Å². The first-order valence-corrected chi connectivity index (χ1v) is 4.85. The molecule has 15 heavy (non-hydrogen) atoms. The lowest BCUT2D eigenvalue weighted by atomic mass is 10.2. The Balaban J connectivity index is 3.05. The summed E-state index contributed by atoms with van der Waals surface area (Å²) in [6.07, 6.45) is 1.56. The quantitative estimate of drug-likeness (QED) is 0.452. The number of nitro benzene ring substituents is 1. The molecule has 0 unspecified atom stereocenters. The van der Waals surface area contributed by atoms with Crippen molar-refractivity contribution in [1.82, 2.24) is 0 Å². The molecule has 0 saturated carbocycles. The van der Waals surface area contributed by atoms with Gasteiger partial charge in [0, 0.05) is 35.0 Å². The molecule has 0 N–H and O–H groups in total. The number of benzene rings is 1. The van der Waals surface area contributed by atoms with Crippen LogP contribution < -0.4 is 0 Å². The first-order chi connectivity index (χ1) is 7.00. The highest BCUT2D eigenvalue weighted by molar-refractivity contribution is 6.33. The van der Waals surface area contributed by atoms with Crippen molar-refractivity contribution in [3.63, 3.8) is 0 Å². The van der Waals surface area contributed by atoms with Gasteiger partial charge in [-0.15, -0.1) is 0 Å². The van der Waals surface area contributed by atoms with Crippen LogP contribution in [0.1, 0.15) is 19.4 Å². The molecule has 1 aromatic rings. The summed E-state index contributed by atoms with van der Waals surface area (Å²) in [4.78, 5) is 14.2. The Bertz CT molecular complexity index is 402. The summed E-state index contributed by atoms with van der Waals surface area (Å²) >= 11 is 5.87. The Morgan fingerprint density at radius 1 is 1.53 bits per heavy atom. The van der Waals surface area contributed by atoms with E-state index in [0.717, 1.165) is 0 Å². The van der Waals surface area contributed by atoms with Crippen LogP contribution in [0, 0.1) is 10.1 Å². The maximum Gasteiger partial charge on any atom is 0.270 e. The zero-order chi connectivity index (χ0) is 11.4. The van der Waals surface area contributed by atoms with E-state index < -0.39 is 4.92 Å². The topological polar surface area (TPSA) is 55.5 Å². The highest BCUT2D eigenvalue weighted by Gasteiger charge is 2.07. The first-order valence-electron chi connectivity index (χ1n) is 4.48. The predicted molar refractivity (Wildman–Crippen MR) is 60.8 cm³/mol. The van der Waals surface area contributed by atoms with Crippen LogP contribution in [-0.2, 0) is 0 Å². The van der Waals surface area contributed by atoms with Gasteiger partial charge >= 0.3 is 0 Å². The molecule has 0 aliphatic heterocycles. The molecule has 80 valence electrons. The van der Waals surface area contributed by atoms with E-state index in [0.29, 0.717) is 10.6 Å². The zero-order valence-corrected chi connectivity index (χ0v) is 9.23. The van der Waals surface area contributed by atoms with Crippen molar-refractivity contribution in [3.05, 3.63) is 38.9 Å². The van der Waals surface area contributed by atoms with Gasteiger partial charge < -0.3 is 0 Å². The van der Waals surface area contributed by atoms with Gasteiger partial charge in [-0.2, -0.15) is 0 Å². The molecule has 0 atom stereocenters. The highest BCUT2D eigenvalue weighted by atomic mass is 35.5. The monoisotopic (exact) mass is 226 g/mol. The fourth-order valence-electron chi connectivity index (χ4n) is 0.973. The molecule has 1 aromatic carbocycles. The number of non-ortho nitro benzene ring substituents is 1. The van der Waals surface area contributed by atoms with Crippen molar-refractivity contribution < 1.29 is 4.92 Å². The van der Waals surface area contributed by atoms with Gasteiger partial charge in [0.1, 0.15) is 0 Å². The normalized spacial score (nSPS) is 11.2. The Labute approximate surface area is 92.7 Å². The van der Waals surface area contributed by atoms with Crippen LogP contribution in [0.2, 0.25) is 5.02 Å². The third-order valence-corrected chi connectivity index (χ3v) is 2.05. The molecule has 0 amide bonds. The van der Waals surface area contributed by atoms with Crippen molar-refractivity contribution >= 4 is 23.5 Å². The van der Waals surface area contributed by atoms with Gasteiger partial charge in [0.05, 0.1) is 4.92 Å². The van der Waals surface area contributed by atoms with Crippen molar-refractivity contribution in [2.75, 3.05) is 0 Å². The maximum absolute atomic E-state index is 10.5. The van der Waals surface area contributed by atoms with Crippen LogP contribution in [0.3, 0.4) is 0 Å². The second-order valence-corrected chi connectivity index (χ2v) is 3.74. The molecule has 0 saturated heterocycles. The zero-order valence-electron chi connectivity index (χ0n) is 8.48. The van der Waals surface area contributed by atoms with Crippen molar-refractivity contribution in [3.8, 4) is 0 Å². The number of hydrogen-bond donors (Lipinski definition) is 0. The molecule has 0 aliphatic rings. The van der Waals surface area contributed by atoms with Crippen LogP contribution in [0.25, 0.3) is 0 Å². The van der Waals surface area contributed by atoms with Gasteiger partial charge in [0.2, 0.25) is 0 Å². The molecule has 0 fully saturated rings. The first kappa shape index (κ1) is 11.7. The van der Waals surface area contributed by atoms with E-state index in [1.165, 1.54) is 18.2 Å². The summed E-state index contributed by atoms with van der Waals surface area (Å²) in [6.45, 7) is 3.84. The predicted octanol–water partition coefficient (Wildman–Crippen LogP) is 3.08. The maximum atomic E-state index is 10.5. The fourth-order valence-corrected chi connectivity index (χ4v) is 1.14. The van der Waals surface area contributed by atoms with E-state index in [1.54, 1.807) is 6.21 Å². The third kappa shape index (κ3) is 3.32. The van der Waals surface area contributed by atoms with Crippen LogP contribution in [-0.4, -0.2) is 17.2 Å². The summed E-state index contributed by atoms with van der Waals surface area (Å²) < 4.78 is 0. The van der Waals surface area contributed by atoms with Crippen molar-refractivity contribution in [1.29, 1.82) is 0 Å². The largest absolute Gasteiger partial charge is 0.290 e. The summed E-state index contributed by atoms with van der Waals surface area (Å²) in [5.41, 5.74) is 0.587. The average Bonchev–Trinajstić information content (AvgIpc) is 2.16. The van der Waals surface area contributed by atoms with Crippen LogP contribution in [0.4, 0.5) is 5.69 Å². The van der Waals surface area contributed by atoms with Gasteiger partial charge in [-0.25, -0.2) is 0 Å². The van der Waals surface area contributed by atoms with E-state index in [2.05, 4.69) is 4.99 Å². The van der Waals surface area contributed by atoms with Gasteiger partial charge in [0.25, 0.3) is 5.69 Å². The fraction of sp³-hybridized carbons (Fsp3) is 0.300. The summed E-state index contributed by atoms with van der Waals surface area (Å²) in [5.74, 6) is 0. The Kier molecular flexibility index (Phi) is 3.80. The number of nitro groups is 1. The van der Waals surface area contributed by atoms with Crippen LogP contribution >= 0.6 is 11.6 Å². The number of nitrogens with zero attached hydrogens (tertiary/aromatic N) is 2. The molecule has 5 heteroatoms. The minimum atomic E-state index is -0.455. The standard InChI is InChI=1S/C10H11ClN2O2/c1-7(2)12-6-8-5-9(13(14)15)3-4-10(8)11/h3-7H,1-2H3. The van der Waals surface area contributed by atoms with E-state index >= 15 is 0 Å². The summed E-state index contributed by atoms with van der Waals surface area (Å²) in [5, 5.41) is 11.0. The molecule has 0 aromatic heterocycles. The Morgan fingerprint density at radius 2 is 2.20 bits per heavy atom. The van der Waals surface area contributed by atoms with E-state index in [1.807, 2.05) is 13.8 Å². The number of hydrogen-bond acceptors (Lipinski definition) is 3. The minimum absolute atomic E-state index is 0.0182. The average molecular weight is 227 g/mol. The number of rotatable bonds is 3. The van der Waals surface area contributed by atoms with Gasteiger partial charge in [0.15, 0.2) is 0 Å². The SMILES string of the molecule is CC(C)N=Cc1cc([N+](=O)[O-])ccc1Cl. The van der Waals surface area contributed by atoms with Crippen LogP contribution in [0.15, 0.2) is 23.2 Å². The van der Waals surface area contributed by atoms with Gasteiger partial charge in [-0.3, -0.25) is 15.1 Å². The second kappa shape index (κ2) is 4.89. The molecular weight excluding hydrogens is 216 g/mol. The number of halogens is 1. The van der Waals surface area contributed by atoms with Crippen molar-refractivity contribution in [2.24, 2.45) is 4.99 Å². The smallest absolute Gasteiger partial charge is 0.270 e. The molecule has 0 radical (unpaired) electrons. The van der Waals surface area contributed by atoms with E-state index in [-0.39, 0.29) is 11.7 Å². The van der Waals surface area contributed by atoms with E-state index in [4.69, 9.17) is 11.6 Å². The molecule has 1 rings (SSSR count). The Morgan fingerprint density at radius 3 is 2.73 bits per heavy atom. The van der Waals surface area contributed by atoms with Gasteiger partial charge in [-0.1, -0.05) is 11.6 Å². The molecule has 0 aliphatic carbocycles. The lowest BCUT2D eigenvalue weighted by Gasteiger charge is -1.99. The second-order valence-electron chi connectivity index (χ2n) is 3.33. The lowest BCUT2D eigenvalue weighted by Crippen LogP contribution is -1.93. The molecule has 0 heterocycles. The Hall–Kier alpha value is -1.42. The highest BCUT2D eigenvalue weighted by Crippen LogP contribution is 2.20. The number of aliphatic imine (C=N–C) groups is 1. The third-order valence-electron chi connectivity index (χ3n) is 1.70. The molecule has 0 spiro atoms. The van der Waals surface area contributed by atoms with Gasteiger partial charge in [-0.05, 0) is 19.9 Å². The molecule has 0 bridgehead atoms. The lowest BCUT2D eigenvalue weighted by molar-refractivity contribution is -0.384. The molecular formula is C10H11ClN2O2. The summed E-state index contributed by atoms with van der Waals surface area (Å²) in [7, 11) is 0. The van der Waals surface area contributed by atoms with Crippen LogP contribution in [0.5, 0.6) is 0 Å². The molecule has 4 nitrogen and oxygen atoms in total. The minimum Gasteiger partial charge on any atom is -0.290 e.